The van der Waals surface area contributed by atoms with E-state index in [1.165, 1.54) is 32.1 Å². The molecule has 0 saturated heterocycles. The van der Waals surface area contributed by atoms with Crippen molar-refractivity contribution < 1.29 is 4.79 Å². The monoisotopic (exact) mass is 227 g/mol. The maximum Gasteiger partial charge on any atom is 0.220 e. The lowest BCUT2D eigenvalue weighted by Gasteiger charge is -2.17. The Balaban J connectivity index is 3.28. The Morgan fingerprint density at radius 2 is 1.56 bits per heavy atom. The van der Waals surface area contributed by atoms with E-state index in [4.69, 9.17) is 0 Å². The Morgan fingerprint density at radius 1 is 1.00 bits per heavy atom. The molecule has 0 heterocycles. The first-order valence-electron chi connectivity index (χ1n) is 6.72. The van der Waals surface area contributed by atoms with Gasteiger partial charge < -0.3 is 5.32 Å². The van der Waals surface area contributed by atoms with Crippen molar-refractivity contribution in [3.8, 4) is 0 Å². The molecule has 0 aromatic carbocycles. The van der Waals surface area contributed by atoms with Gasteiger partial charge >= 0.3 is 0 Å². The third kappa shape index (κ3) is 11.5. The van der Waals surface area contributed by atoms with E-state index in [9.17, 15) is 4.79 Å². The van der Waals surface area contributed by atoms with Crippen LogP contribution >= 0.6 is 0 Å². The smallest absolute Gasteiger partial charge is 0.220 e. The fraction of sp³-hybridized carbons (Fsp3) is 0.929. The van der Waals surface area contributed by atoms with Gasteiger partial charge in [0, 0.05) is 13.0 Å². The van der Waals surface area contributed by atoms with E-state index < -0.39 is 0 Å². The SMILES string of the molecule is CCCCCCCCNC(=O)CC(C)(C)C. The third-order valence-corrected chi connectivity index (χ3v) is 2.54. The summed E-state index contributed by atoms with van der Waals surface area (Å²) in [6.45, 7) is 9.36. The minimum Gasteiger partial charge on any atom is -0.356 e. The Hall–Kier alpha value is -0.530. The lowest BCUT2D eigenvalue weighted by atomic mass is 9.92. The van der Waals surface area contributed by atoms with Gasteiger partial charge in [-0.15, -0.1) is 0 Å². The lowest BCUT2D eigenvalue weighted by Crippen LogP contribution is -2.28. The standard InChI is InChI=1S/C14H29NO/c1-5-6-7-8-9-10-11-15-13(16)12-14(2,3)4/h5-12H2,1-4H3,(H,15,16). The van der Waals surface area contributed by atoms with Gasteiger partial charge in [0.2, 0.25) is 5.91 Å². The van der Waals surface area contributed by atoms with Crippen LogP contribution < -0.4 is 5.32 Å². The Kier molecular flexibility index (Phi) is 8.32. The summed E-state index contributed by atoms with van der Waals surface area (Å²) in [5, 5.41) is 2.99. The molecule has 0 radical (unpaired) electrons. The van der Waals surface area contributed by atoms with Crippen LogP contribution in [-0.4, -0.2) is 12.5 Å². The molecule has 0 spiro atoms. The van der Waals surface area contributed by atoms with Gasteiger partial charge in [0.15, 0.2) is 0 Å². The highest BCUT2D eigenvalue weighted by atomic mass is 16.1. The number of carbonyl (C=O) groups is 1. The first kappa shape index (κ1) is 15.5. The van der Waals surface area contributed by atoms with Crippen LogP contribution in [0.3, 0.4) is 0 Å². The predicted octanol–water partition coefficient (Wildman–Crippen LogP) is 3.90. The number of amides is 1. The van der Waals surface area contributed by atoms with E-state index >= 15 is 0 Å². The minimum absolute atomic E-state index is 0.102. The number of rotatable bonds is 8. The van der Waals surface area contributed by atoms with Crippen LogP contribution in [0.1, 0.15) is 72.6 Å². The number of nitrogens with one attached hydrogen (secondary N) is 1. The topological polar surface area (TPSA) is 29.1 Å². The second-order valence-corrected chi connectivity index (χ2v) is 5.86. The van der Waals surface area contributed by atoms with Gasteiger partial charge in [-0.05, 0) is 11.8 Å². The summed E-state index contributed by atoms with van der Waals surface area (Å²) >= 11 is 0. The Bertz CT molecular complexity index is 182. The van der Waals surface area contributed by atoms with Gasteiger partial charge in [-0.3, -0.25) is 4.79 Å². The fourth-order valence-corrected chi connectivity index (χ4v) is 1.68. The molecule has 0 bridgehead atoms. The van der Waals surface area contributed by atoms with Crippen molar-refractivity contribution >= 4 is 5.91 Å². The van der Waals surface area contributed by atoms with E-state index in [0.717, 1.165) is 13.0 Å². The number of hydrogen-bond donors (Lipinski definition) is 1. The molecule has 0 unspecified atom stereocenters. The normalized spacial score (nSPS) is 11.5. The van der Waals surface area contributed by atoms with Crippen LogP contribution in [0.15, 0.2) is 0 Å². The maximum absolute atomic E-state index is 11.5. The van der Waals surface area contributed by atoms with Crippen molar-refractivity contribution in [2.45, 2.75) is 72.6 Å². The second-order valence-electron chi connectivity index (χ2n) is 5.86. The van der Waals surface area contributed by atoms with E-state index in [1.54, 1.807) is 0 Å². The summed E-state index contributed by atoms with van der Waals surface area (Å²) in [6, 6.07) is 0. The number of hydrogen-bond acceptors (Lipinski definition) is 1. The highest BCUT2D eigenvalue weighted by Gasteiger charge is 2.14. The van der Waals surface area contributed by atoms with Crippen LogP contribution in [0.2, 0.25) is 0 Å². The fourth-order valence-electron chi connectivity index (χ4n) is 1.68. The highest BCUT2D eigenvalue weighted by Crippen LogP contribution is 2.17. The lowest BCUT2D eigenvalue weighted by molar-refractivity contribution is -0.122. The van der Waals surface area contributed by atoms with Gasteiger partial charge in [-0.2, -0.15) is 0 Å². The predicted molar refractivity (Wildman–Crippen MR) is 70.5 cm³/mol. The molecule has 0 aliphatic rings. The highest BCUT2D eigenvalue weighted by molar-refractivity contribution is 5.76. The van der Waals surface area contributed by atoms with Crippen LogP contribution in [0.25, 0.3) is 0 Å². The largest absolute Gasteiger partial charge is 0.356 e. The minimum atomic E-state index is 0.102. The molecule has 0 aliphatic heterocycles. The van der Waals surface area contributed by atoms with E-state index in [0.29, 0.717) is 6.42 Å². The first-order chi connectivity index (χ1) is 7.45. The van der Waals surface area contributed by atoms with E-state index in [-0.39, 0.29) is 11.3 Å². The quantitative estimate of drug-likeness (QED) is 0.626. The van der Waals surface area contributed by atoms with Gasteiger partial charge in [0.1, 0.15) is 0 Å². The van der Waals surface area contributed by atoms with Crippen molar-refractivity contribution in [3.05, 3.63) is 0 Å². The average Bonchev–Trinajstić information content (AvgIpc) is 2.13. The molecule has 2 heteroatoms. The van der Waals surface area contributed by atoms with Crippen molar-refractivity contribution in [2.75, 3.05) is 6.54 Å². The zero-order chi connectivity index (χ0) is 12.4. The molecule has 0 aromatic heterocycles. The molecule has 1 N–H and O–H groups in total. The van der Waals surface area contributed by atoms with Crippen molar-refractivity contribution in [1.82, 2.24) is 5.32 Å². The van der Waals surface area contributed by atoms with Crippen molar-refractivity contribution in [3.63, 3.8) is 0 Å². The number of carbonyl (C=O) groups excluding carboxylic acids is 1. The molecular formula is C14H29NO. The molecule has 1 amide bonds. The summed E-state index contributed by atoms with van der Waals surface area (Å²) < 4.78 is 0. The summed E-state index contributed by atoms with van der Waals surface area (Å²) in [6.07, 6.45) is 8.28. The average molecular weight is 227 g/mol. The molecule has 16 heavy (non-hydrogen) atoms. The molecule has 0 fully saturated rings. The maximum atomic E-state index is 11.5. The first-order valence-corrected chi connectivity index (χ1v) is 6.72. The van der Waals surface area contributed by atoms with Gasteiger partial charge in [-0.1, -0.05) is 59.8 Å². The summed E-state index contributed by atoms with van der Waals surface area (Å²) in [4.78, 5) is 11.5. The molecule has 0 saturated carbocycles. The third-order valence-electron chi connectivity index (χ3n) is 2.54. The van der Waals surface area contributed by atoms with Crippen LogP contribution in [0.5, 0.6) is 0 Å². The van der Waals surface area contributed by atoms with Gasteiger partial charge in [-0.25, -0.2) is 0 Å². The van der Waals surface area contributed by atoms with Crippen LogP contribution in [0, 0.1) is 5.41 Å². The van der Waals surface area contributed by atoms with Crippen molar-refractivity contribution in [1.29, 1.82) is 0 Å². The Labute approximate surface area is 101 Å². The molecule has 0 rings (SSSR count). The van der Waals surface area contributed by atoms with E-state index in [1.807, 2.05) is 0 Å². The summed E-state index contributed by atoms with van der Waals surface area (Å²) in [5.74, 6) is 0.195. The van der Waals surface area contributed by atoms with Gasteiger partial charge in [0.05, 0.1) is 0 Å². The zero-order valence-electron chi connectivity index (χ0n) is 11.6. The van der Waals surface area contributed by atoms with Crippen LogP contribution in [0.4, 0.5) is 0 Å². The second kappa shape index (κ2) is 8.60. The number of unbranched alkanes of at least 4 members (excludes halogenated alkanes) is 5. The molecule has 0 atom stereocenters. The Morgan fingerprint density at radius 3 is 2.12 bits per heavy atom. The molecule has 96 valence electrons. The van der Waals surface area contributed by atoms with Crippen molar-refractivity contribution in [2.24, 2.45) is 5.41 Å². The van der Waals surface area contributed by atoms with Crippen LogP contribution in [-0.2, 0) is 4.79 Å². The molecular weight excluding hydrogens is 198 g/mol. The molecule has 2 nitrogen and oxygen atoms in total. The van der Waals surface area contributed by atoms with Gasteiger partial charge in [0.25, 0.3) is 0 Å². The van der Waals surface area contributed by atoms with E-state index in [2.05, 4.69) is 33.0 Å². The molecule has 0 aliphatic carbocycles. The summed E-state index contributed by atoms with van der Waals surface area (Å²) in [7, 11) is 0. The zero-order valence-corrected chi connectivity index (χ0v) is 11.6. The molecule has 0 aromatic rings. The summed E-state index contributed by atoms with van der Waals surface area (Å²) in [5.41, 5.74) is 0.102.